The molecule has 3 heteroatoms. The number of phenols is 1. The predicted octanol–water partition coefficient (Wildman–Crippen LogP) is 1.86. The van der Waals surface area contributed by atoms with Gasteiger partial charge in [0, 0.05) is 11.6 Å². The molecule has 1 unspecified atom stereocenters. The summed E-state index contributed by atoms with van der Waals surface area (Å²) in [6.45, 7) is 3.31. The quantitative estimate of drug-likeness (QED) is 0.674. The van der Waals surface area contributed by atoms with E-state index in [0.717, 1.165) is 0 Å². The van der Waals surface area contributed by atoms with E-state index in [1.165, 1.54) is 12.1 Å². The molecule has 66 valence electrons. The Balaban J connectivity index is 3.33. The van der Waals surface area contributed by atoms with Gasteiger partial charge in [0.1, 0.15) is 11.6 Å². The maximum absolute atomic E-state index is 13.0. The summed E-state index contributed by atoms with van der Waals surface area (Å²) >= 11 is 0. The van der Waals surface area contributed by atoms with Crippen LogP contribution < -0.4 is 5.73 Å². The molecule has 0 aliphatic rings. The number of phenolic OH excluding ortho intramolecular Hbond substituents is 1. The van der Waals surface area contributed by atoms with Crippen LogP contribution in [0.5, 0.6) is 5.75 Å². The lowest BCUT2D eigenvalue weighted by Crippen LogP contribution is -2.08. The minimum atomic E-state index is -0.347. The molecule has 0 aliphatic carbocycles. The van der Waals surface area contributed by atoms with E-state index in [4.69, 9.17) is 5.73 Å². The van der Waals surface area contributed by atoms with Crippen molar-refractivity contribution >= 4 is 0 Å². The zero-order chi connectivity index (χ0) is 9.30. The van der Waals surface area contributed by atoms with Crippen molar-refractivity contribution in [1.82, 2.24) is 0 Å². The monoisotopic (exact) mass is 169 g/mol. The third kappa shape index (κ3) is 1.41. The first-order valence-electron chi connectivity index (χ1n) is 3.77. The van der Waals surface area contributed by atoms with Crippen LogP contribution in [0.25, 0.3) is 0 Å². The van der Waals surface area contributed by atoms with Crippen molar-refractivity contribution in [2.75, 3.05) is 0 Å². The first-order valence-corrected chi connectivity index (χ1v) is 3.77. The molecule has 1 aromatic carbocycles. The van der Waals surface area contributed by atoms with Crippen molar-refractivity contribution in [3.8, 4) is 5.75 Å². The van der Waals surface area contributed by atoms with E-state index in [9.17, 15) is 9.50 Å². The molecule has 0 fully saturated rings. The van der Waals surface area contributed by atoms with Crippen LogP contribution in [0.4, 0.5) is 4.39 Å². The molecule has 1 rings (SSSR count). The molecule has 0 saturated carbocycles. The summed E-state index contributed by atoms with van der Waals surface area (Å²) < 4.78 is 13.0. The highest BCUT2D eigenvalue weighted by Gasteiger charge is 2.12. The van der Waals surface area contributed by atoms with E-state index in [1.807, 2.05) is 0 Å². The molecule has 3 N–H and O–H groups in total. The molecule has 0 amide bonds. The SMILES string of the molecule is Cc1c(F)ccc(O)c1C(C)N. The first kappa shape index (κ1) is 9.00. The molecule has 0 aliphatic heterocycles. The third-order valence-corrected chi connectivity index (χ3v) is 1.88. The highest BCUT2D eigenvalue weighted by Crippen LogP contribution is 2.27. The maximum Gasteiger partial charge on any atom is 0.126 e. The molecule has 0 bridgehead atoms. The maximum atomic E-state index is 13.0. The Labute approximate surface area is 70.8 Å². The molecule has 0 saturated heterocycles. The molecule has 0 spiro atoms. The lowest BCUT2D eigenvalue weighted by atomic mass is 10.0. The lowest BCUT2D eigenvalue weighted by Gasteiger charge is -2.11. The van der Waals surface area contributed by atoms with Crippen LogP contribution in [0, 0.1) is 12.7 Å². The van der Waals surface area contributed by atoms with Gasteiger partial charge in [-0.1, -0.05) is 0 Å². The second-order valence-electron chi connectivity index (χ2n) is 2.89. The number of rotatable bonds is 1. The van der Waals surface area contributed by atoms with Crippen LogP contribution in [0.2, 0.25) is 0 Å². The van der Waals surface area contributed by atoms with Crippen molar-refractivity contribution in [3.05, 3.63) is 29.1 Å². The Morgan fingerprint density at radius 2 is 2.08 bits per heavy atom. The number of aromatic hydroxyl groups is 1. The molecule has 0 aromatic heterocycles. The van der Waals surface area contributed by atoms with E-state index in [2.05, 4.69) is 0 Å². The number of halogens is 1. The molecule has 12 heavy (non-hydrogen) atoms. The van der Waals surface area contributed by atoms with Crippen LogP contribution in [-0.4, -0.2) is 5.11 Å². The summed E-state index contributed by atoms with van der Waals surface area (Å²) in [7, 11) is 0. The summed E-state index contributed by atoms with van der Waals surface area (Å²) in [4.78, 5) is 0. The topological polar surface area (TPSA) is 46.2 Å². The summed E-state index contributed by atoms with van der Waals surface area (Å²) in [6, 6.07) is 2.21. The van der Waals surface area contributed by atoms with Crippen LogP contribution in [0.3, 0.4) is 0 Å². The average molecular weight is 169 g/mol. The van der Waals surface area contributed by atoms with Gasteiger partial charge in [0.05, 0.1) is 0 Å². The Hall–Kier alpha value is -1.09. The highest BCUT2D eigenvalue weighted by molar-refractivity contribution is 5.41. The van der Waals surface area contributed by atoms with Gasteiger partial charge in [-0.05, 0) is 31.5 Å². The van der Waals surface area contributed by atoms with Crippen molar-refractivity contribution in [2.24, 2.45) is 5.73 Å². The van der Waals surface area contributed by atoms with Crippen LogP contribution in [0.1, 0.15) is 24.1 Å². The van der Waals surface area contributed by atoms with Crippen molar-refractivity contribution in [2.45, 2.75) is 19.9 Å². The smallest absolute Gasteiger partial charge is 0.126 e. The molecule has 1 aromatic rings. The van der Waals surface area contributed by atoms with E-state index >= 15 is 0 Å². The largest absolute Gasteiger partial charge is 0.508 e. The number of nitrogens with two attached hydrogens (primary N) is 1. The van der Waals surface area contributed by atoms with Gasteiger partial charge in [0.15, 0.2) is 0 Å². The fourth-order valence-corrected chi connectivity index (χ4v) is 1.26. The summed E-state index contributed by atoms with van der Waals surface area (Å²) in [5.74, 6) is -0.274. The van der Waals surface area contributed by atoms with Gasteiger partial charge >= 0.3 is 0 Å². The van der Waals surface area contributed by atoms with Gasteiger partial charge in [-0.2, -0.15) is 0 Å². The van der Waals surface area contributed by atoms with E-state index in [0.29, 0.717) is 11.1 Å². The minimum Gasteiger partial charge on any atom is -0.508 e. The number of benzene rings is 1. The first-order chi connectivity index (χ1) is 5.54. The average Bonchev–Trinajstić information content (AvgIpc) is 1.97. The van der Waals surface area contributed by atoms with E-state index in [1.54, 1.807) is 13.8 Å². The normalized spacial score (nSPS) is 13.0. The van der Waals surface area contributed by atoms with Crippen LogP contribution in [0.15, 0.2) is 12.1 Å². The van der Waals surface area contributed by atoms with Crippen LogP contribution in [-0.2, 0) is 0 Å². The van der Waals surface area contributed by atoms with Gasteiger partial charge < -0.3 is 10.8 Å². The predicted molar refractivity (Wildman–Crippen MR) is 45.4 cm³/mol. The Morgan fingerprint density at radius 3 is 2.50 bits per heavy atom. The van der Waals surface area contributed by atoms with Crippen molar-refractivity contribution < 1.29 is 9.50 Å². The lowest BCUT2D eigenvalue weighted by molar-refractivity contribution is 0.459. The Bertz CT molecular complexity index is 297. The molecule has 2 nitrogen and oxygen atoms in total. The van der Waals surface area contributed by atoms with Gasteiger partial charge in [0.25, 0.3) is 0 Å². The van der Waals surface area contributed by atoms with Crippen molar-refractivity contribution in [1.29, 1.82) is 0 Å². The van der Waals surface area contributed by atoms with Gasteiger partial charge in [-0.25, -0.2) is 4.39 Å². The fraction of sp³-hybridized carbons (Fsp3) is 0.333. The molecular weight excluding hydrogens is 157 g/mol. The molecule has 0 radical (unpaired) electrons. The third-order valence-electron chi connectivity index (χ3n) is 1.88. The second-order valence-corrected chi connectivity index (χ2v) is 2.89. The van der Waals surface area contributed by atoms with Gasteiger partial charge in [0.2, 0.25) is 0 Å². The van der Waals surface area contributed by atoms with Crippen molar-refractivity contribution in [3.63, 3.8) is 0 Å². The zero-order valence-corrected chi connectivity index (χ0v) is 7.13. The molecule has 1 atom stereocenters. The molecular formula is C9H12FNO. The van der Waals surface area contributed by atoms with E-state index < -0.39 is 0 Å². The van der Waals surface area contributed by atoms with Gasteiger partial charge in [-0.3, -0.25) is 0 Å². The van der Waals surface area contributed by atoms with E-state index in [-0.39, 0.29) is 17.6 Å². The fourth-order valence-electron chi connectivity index (χ4n) is 1.26. The summed E-state index contributed by atoms with van der Waals surface area (Å²) in [5.41, 5.74) is 6.46. The van der Waals surface area contributed by atoms with Gasteiger partial charge in [-0.15, -0.1) is 0 Å². The summed E-state index contributed by atoms with van der Waals surface area (Å²) in [6.07, 6.45) is 0. The molecule has 0 heterocycles. The van der Waals surface area contributed by atoms with Crippen LogP contribution >= 0.6 is 0 Å². The standard InChI is InChI=1S/C9H12FNO/c1-5-7(10)3-4-8(12)9(5)6(2)11/h3-4,6,12H,11H2,1-2H3. The summed E-state index contributed by atoms with van der Waals surface area (Å²) in [5, 5.41) is 9.34. The minimum absolute atomic E-state index is 0.0592. The Morgan fingerprint density at radius 1 is 1.50 bits per heavy atom. The zero-order valence-electron chi connectivity index (χ0n) is 7.13. The number of hydrogen-bond acceptors (Lipinski definition) is 2. The second kappa shape index (κ2) is 3.11. The highest BCUT2D eigenvalue weighted by atomic mass is 19.1. The number of hydrogen-bond donors (Lipinski definition) is 2. The Kier molecular flexibility index (Phi) is 2.33.